The lowest BCUT2D eigenvalue weighted by Gasteiger charge is -2.29. The molecular formula is C42H48N2O4. The largest absolute Gasteiger partial charge is 0.491 e. The van der Waals surface area contributed by atoms with E-state index in [0.717, 1.165) is 57.1 Å². The number of hydrogen-bond acceptors (Lipinski definition) is 6. The fourth-order valence-electron chi connectivity index (χ4n) is 5.53. The van der Waals surface area contributed by atoms with E-state index >= 15 is 0 Å². The first kappa shape index (κ1) is 34.2. The Kier molecular flexibility index (Phi) is 11.2. The highest BCUT2D eigenvalue weighted by molar-refractivity contribution is 5.82. The molecule has 0 aromatic heterocycles. The van der Waals surface area contributed by atoms with Gasteiger partial charge in [-0.1, -0.05) is 36.4 Å². The fraction of sp³-hybridized carbons (Fsp3) is 0.286. The molecule has 0 heterocycles. The van der Waals surface area contributed by atoms with E-state index in [9.17, 15) is 0 Å². The first-order valence-corrected chi connectivity index (χ1v) is 16.8. The summed E-state index contributed by atoms with van der Waals surface area (Å²) in [5.74, 6) is 2.92. The summed E-state index contributed by atoms with van der Waals surface area (Å²) >= 11 is 0. The summed E-state index contributed by atoms with van der Waals surface area (Å²) in [6.45, 7) is 16.2. The summed E-state index contributed by atoms with van der Waals surface area (Å²) in [7, 11) is 0. The molecule has 250 valence electrons. The third-order valence-corrected chi connectivity index (χ3v) is 7.13. The van der Waals surface area contributed by atoms with Gasteiger partial charge in [0.15, 0.2) is 0 Å². The van der Waals surface area contributed by atoms with E-state index in [1.165, 1.54) is 0 Å². The van der Waals surface area contributed by atoms with Crippen LogP contribution in [0.25, 0.3) is 0 Å². The molecule has 48 heavy (non-hydrogen) atoms. The molecule has 0 aliphatic carbocycles. The SMILES string of the molecule is CC(C)Oc1cc(OC(C)C)cc(N(c2ccc(N(c3ccccc3)c3ccccc3)cc2)c2cc(OC(C)C)cc(OC(C)C)c2)c1. The molecule has 0 radical (unpaired) electrons. The molecule has 5 aromatic carbocycles. The minimum absolute atomic E-state index is 0.00402. The van der Waals surface area contributed by atoms with Crippen molar-refractivity contribution < 1.29 is 18.9 Å². The van der Waals surface area contributed by atoms with Crippen molar-refractivity contribution in [3.63, 3.8) is 0 Å². The smallest absolute Gasteiger partial charge is 0.125 e. The molecule has 0 bridgehead atoms. The van der Waals surface area contributed by atoms with Crippen LogP contribution in [-0.2, 0) is 0 Å². The third-order valence-electron chi connectivity index (χ3n) is 7.13. The van der Waals surface area contributed by atoms with Crippen LogP contribution in [0.3, 0.4) is 0 Å². The molecule has 0 unspecified atom stereocenters. The van der Waals surface area contributed by atoms with Crippen molar-refractivity contribution in [2.24, 2.45) is 0 Å². The molecule has 6 heteroatoms. The number of para-hydroxylation sites is 2. The second-order valence-electron chi connectivity index (χ2n) is 12.8. The molecule has 0 atom stereocenters. The van der Waals surface area contributed by atoms with Gasteiger partial charge in [0.1, 0.15) is 23.0 Å². The monoisotopic (exact) mass is 644 g/mol. The number of ether oxygens (including phenoxy) is 4. The Bertz CT molecular complexity index is 1570. The lowest BCUT2D eigenvalue weighted by molar-refractivity contribution is 0.229. The number of anilines is 6. The quantitative estimate of drug-likeness (QED) is 0.120. The lowest BCUT2D eigenvalue weighted by Crippen LogP contribution is -2.15. The topological polar surface area (TPSA) is 43.4 Å². The molecule has 0 fully saturated rings. The third kappa shape index (κ3) is 9.03. The van der Waals surface area contributed by atoms with Crippen LogP contribution in [0.1, 0.15) is 55.4 Å². The molecule has 0 aliphatic heterocycles. The van der Waals surface area contributed by atoms with Crippen molar-refractivity contribution >= 4 is 34.1 Å². The minimum atomic E-state index is -0.00402. The van der Waals surface area contributed by atoms with E-state index in [0.29, 0.717) is 0 Å². The average Bonchev–Trinajstić information content (AvgIpc) is 3.02. The van der Waals surface area contributed by atoms with Gasteiger partial charge in [0, 0.05) is 59.1 Å². The molecule has 0 amide bonds. The number of hydrogen-bond donors (Lipinski definition) is 0. The van der Waals surface area contributed by atoms with Crippen LogP contribution in [0.5, 0.6) is 23.0 Å². The summed E-state index contributed by atoms with van der Waals surface area (Å²) in [4.78, 5) is 4.45. The highest BCUT2D eigenvalue weighted by Gasteiger charge is 2.20. The summed E-state index contributed by atoms with van der Waals surface area (Å²) in [6, 6.07) is 41.6. The second-order valence-corrected chi connectivity index (χ2v) is 12.8. The maximum Gasteiger partial charge on any atom is 0.125 e. The molecular weight excluding hydrogens is 596 g/mol. The summed E-state index contributed by atoms with van der Waals surface area (Å²) in [5, 5.41) is 0. The van der Waals surface area contributed by atoms with Crippen LogP contribution in [0, 0.1) is 0 Å². The molecule has 5 rings (SSSR count). The highest BCUT2D eigenvalue weighted by Crippen LogP contribution is 2.43. The van der Waals surface area contributed by atoms with E-state index in [-0.39, 0.29) is 24.4 Å². The van der Waals surface area contributed by atoms with Gasteiger partial charge in [0.2, 0.25) is 0 Å². The Balaban J connectivity index is 1.69. The van der Waals surface area contributed by atoms with E-state index in [4.69, 9.17) is 18.9 Å². The first-order valence-electron chi connectivity index (χ1n) is 16.8. The average molecular weight is 645 g/mol. The van der Waals surface area contributed by atoms with Crippen molar-refractivity contribution in [1.82, 2.24) is 0 Å². The van der Waals surface area contributed by atoms with E-state index in [1.807, 2.05) is 79.7 Å². The van der Waals surface area contributed by atoms with Crippen LogP contribution < -0.4 is 28.7 Å². The summed E-state index contributed by atoms with van der Waals surface area (Å²) in [5.41, 5.74) is 5.92. The molecule has 0 saturated carbocycles. The van der Waals surface area contributed by atoms with Gasteiger partial charge < -0.3 is 28.7 Å². The zero-order chi connectivity index (χ0) is 34.2. The fourth-order valence-corrected chi connectivity index (χ4v) is 5.53. The normalized spacial score (nSPS) is 11.2. The van der Waals surface area contributed by atoms with Gasteiger partial charge in [-0.2, -0.15) is 0 Å². The molecule has 6 nitrogen and oxygen atoms in total. The van der Waals surface area contributed by atoms with Crippen LogP contribution >= 0.6 is 0 Å². The van der Waals surface area contributed by atoms with Gasteiger partial charge in [-0.05, 0) is 104 Å². The zero-order valence-electron chi connectivity index (χ0n) is 29.4. The zero-order valence-corrected chi connectivity index (χ0v) is 29.4. The number of benzene rings is 5. The minimum Gasteiger partial charge on any atom is -0.491 e. The van der Waals surface area contributed by atoms with Gasteiger partial charge in [-0.3, -0.25) is 0 Å². The van der Waals surface area contributed by atoms with Gasteiger partial charge >= 0.3 is 0 Å². The van der Waals surface area contributed by atoms with Crippen molar-refractivity contribution in [2.75, 3.05) is 9.80 Å². The highest BCUT2D eigenvalue weighted by atomic mass is 16.5. The Labute approximate surface area is 286 Å². The van der Waals surface area contributed by atoms with E-state index in [1.54, 1.807) is 0 Å². The Morgan fingerprint density at radius 1 is 0.312 bits per heavy atom. The van der Waals surface area contributed by atoms with Crippen LogP contribution in [0.4, 0.5) is 34.1 Å². The Morgan fingerprint density at radius 3 is 0.833 bits per heavy atom. The maximum absolute atomic E-state index is 6.24. The molecule has 5 aromatic rings. The van der Waals surface area contributed by atoms with Crippen LogP contribution in [-0.4, -0.2) is 24.4 Å². The first-order chi connectivity index (χ1) is 23.0. The van der Waals surface area contributed by atoms with Gasteiger partial charge in [0.25, 0.3) is 0 Å². The Hall–Kier alpha value is -5.10. The standard InChI is InChI=1S/C42H48N2O4/c1-29(2)45-39-23-37(24-40(27-39)46-30(3)4)44(38-25-41(47-31(5)6)28-42(26-38)48-32(7)8)36-21-19-35(20-22-36)43(33-15-11-9-12-16-33)34-17-13-10-14-18-34/h9-32H,1-8H3. The van der Waals surface area contributed by atoms with Gasteiger partial charge in [-0.15, -0.1) is 0 Å². The molecule has 0 N–H and O–H groups in total. The summed E-state index contributed by atoms with van der Waals surface area (Å²) < 4.78 is 25.0. The van der Waals surface area contributed by atoms with Crippen molar-refractivity contribution in [3.8, 4) is 23.0 Å². The van der Waals surface area contributed by atoms with Crippen LogP contribution in [0.2, 0.25) is 0 Å². The van der Waals surface area contributed by atoms with Crippen molar-refractivity contribution in [1.29, 1.82) is 0 Å². The Morgan fingerprint density at radius 2 is 0.562 bits per heavy atom. The summed E-state index contributed by atoms with van der Waals surface area (Å²) in [6.07, 6.45) is -0.0161. The van der Waals surface area contributed by atoms with Gasteiger partial charge in [-0.25, -0.2) is 0 Å². The van der Waals surface area contributed by atoms with E-state index < -0.39 is 0 Å². The van der Waals surface area contributed by atoms with Crippen LogP contribution in [0.15, 0.2) is 121 Å². The second kappa shape index (κ2) is 15.7. The predicted molar refractivity (Wildman–Crippen MR) is 199 cm³/mol. The predicted octanol–water partition coefficient (Wildman–Crippen LogP) is 11.8. The molecule has 0 spiro atoms. The number of nitrogens with zero attached hydrogens (tertiary/aromatic N) is 2. The van der Waals surface area contributed by atoms with E-state index in [2.05, 4.69) is 107 Å². The lowest BCUT2D eigenvalue weighted by atomic mass is 10.1. The van der Waals surface area contributed by atoms with Crippen molar-refractivity contribution in [3.05, 3.63) is 121 Å². The molecule has 0 saturated heterocycles. The maximum atomic E-state index is 6.24. The van der Waals surface area contributed by atoms with Crippen molar-refractivity contribution in [2.45, 2.75) is 79.8 Å². The number of rotatable bonds is 14. The molecule has 0 aliphatic rings. The van der Waals surface area contributed by atoms with Gasteiger partial charge in [0.05, 0.1) is 35.8 Å².